The maximum atomic E-state index is 2.40. The van der Waals surface area contributed by atoms with Crippen LogP contribution >= 0.6 is 0 Å². The maximum absolute atomic E-state index is 2.40. The topological polar surface area (TPSA) is 3.24 Å². The Morgan fingerprint density at radius 1 is 0.405 bits per heavy atom. The van der Waals surface area contributed by atoms with Gasteiger partial charge in [-0.05, 0) is 86.1 Å². The van der Waals surface area contributed by atoms with E-state index in [0.717, 1.165) is 11.4 Å². The number of hydrogen-bond acceptors (Lipinski definition) is 1. The average Bonchev–Trinajstić information content (AvgIpc) is 3.05. The number of fused-ring (bicyclic) bond motifs is 2. The second kappa shape index (κ2) is 9.90. The minimum Gasteiger partial charge on any atom is -0.310 e. The van der Waals surface area contributed by atoms with Gasteiger partial charge in [-0.2, -0.15) is 0 Å². The van der Waals surface area contributed by atoms with E-state index < -0.39 is 0 Å². The molecule has 8 aromatic rings. The molecule has 0 aliphatic rings. The van der Waals surface area contributed by atoms with Gasteiger partial charge in [-0.25, -0.2) is 0 Å². The summed E-state index contributed by atoms with van der Waals surface area (Å²) in [5.74, 6) is 0. The fraction of sp³-hybridized carbons (Fsp3) is 0.0244. The molecule has 0 aliphatic heterocycles. The van der Waals surface area contributed by atoms with Gasteiger partial charge in [0.1, 0.15) is 0 Å². The van der Waals surface area contributed by atoms with Gasteiger partial charge in [-0.1, -0.05) is 133 Å². The fourth-order valence-corrected chi connectivity index (χ4v) is 6.44. The van der Waals surface area contributed by atoms with Crippen LogP contribution in [0.25, 0.3) is 55.2 Å². The number of hydrogen-bond donors (Lipinski definition) is 0. The van der Waals surface area contributed by atoms with Crippen LogP contribution in [0.15, 0.2) is 146 Å². The molecule has 0 atom stereocenters. The first-order chi connectivity index (χ1) is 20.7. The Balaban J connectivity index is 1.33. The predicted octanol–water partition coefficient (Wildman–Crippen LogP) is 11.7. The van der Waals surface area contributed by atoms with Crippen molar-refractivity contribution in [1.82, 2.24) is 0 Å². The summed E-state index contributed by atoms with van der Waals surface area (Å²) in [6.45, 7) is 2.14. The molecule has 1 nitrogen and oxygen atoms in total. The highest BCUT2D eigenvalue weighted by Gasteiger charge is 2.19. The van der Waals surface area contributed by atoms with E-state index in [2.05, 4.69) is 164 Å². The quantitative estimate of drug-likeness (QED) is 0.120. The minimum absolute atomic E-state index is 1.13. The number of nitrogens with zero attached hydrogens (tertiary/aromatic N) is 1. The molecular weight excluding hydrogens is 506 g/mol. The van der Waals surface area contributed by atoms with E-state index in [1.54, 1.807) is 0 Å². The third-order valence-corrected chi connectivity index (χ3v) is 8.45. The molecule has 0 aromatic heterocycles. The van der Waals surface area contributed by atoms with Crippen molar-refractivity contribution in [3.05, 3.63) is 162 Å². The summed E-state index contributed by atoms with van der Waals surface area (Å²) in [6.07, 6.45) is 4.34. The lowest BCUT2D eigenvalue weighted by molar-refractivity contribution is 1.29. The van der Waals surface area contributed by atoms with Gasteiger partial charge in [-0.3, -0.25) is 0 Å². The van der Waals surface area contributed by atoms with Gasteiger partial charge in [0.05, 0.1) is 5.69 Å². The molecule has 0 unspecified atom stereocenters. The number of rotatable bonds is 5. The van der Waals surface area contributed by atoms with E-state index in [9.17, 15) is 0 Å². The molecule has 0 saturated heterocycles. The second-order valence-electron chi connectivity index (χ2n) is 11.1. The summed E-state index contributed by atoms with van der Waals surface area (Å²) in [5.41, 5.74) is 7.08. The van der Waals surface area contributed by atoms with Crippen LogP contribution in [0.1, 0.15) is 16.7 Å². The monoisotopic (exact) mass is 535 g/mol. The third-order valence-electron chi connectivity index (χ3n) is 8.45. The normalized spacial score (nSPS) is 11.8. The molecule has 8 rings (SSSR count). The summed E-state index contributed by atoms with van der Waals surface area (Å²) in [4.78, 5) is 2.40. The van der Waals surface area contributed by atoms with Gasteiger partial charge in [0.2, 0.25) is 0 Å². The van der Waals surface area contributed by atoms with E-state index in [1.807, 2.05) is 6.07 Å². The molecular formula is C41H29N. The van der Waals surface area contributed by atoms with Crippen molar-refractivity contribution >= 4 is 72.3 Å². The zero-order valence-electron chi connectivity index (χ0n) is 23.5. The van der Waals surface area contributed by atoms with Crippen LogP contribution in [0.3, 0.4) is 0 Å². The summed E-state index contributed by atoms with van der Waals surface area (Å²) < 4.78 is 0. The highest BCUT2D eigenvalue weighted by Crippen LogP contribution is 2.45. The van der Waals surface area contributed by atoms with E-state index >= 15 is 0 Å². The van der Waals surface area contributed by atoms with Crippen molar-refractivity contribution < 1.29 is 0 Å². The molecule has 8 aromatic carbocycles. The highest BCUT2D eigenvalue weighted by molar-refractivity contribution is 6.34. The lowest BCUT2D eigenvalue weighted by atomic mass is 9.89. The molecule has 0 N–H and O–H groups in total. The van der Waals surface area contributed by atoms with Crippen LogP contribution in [-0.2, 0) is 0 Å². The number of aryl methyl sites for hydroxylation is 1. The van der Waals surface area contributed by atoms with Crippen molar-refractivity contribution in [1.29, 1.82) is 0 Å². The van der Waals surface area contributed by atoms with E-state index in [4.69, 9.17) is 0 Å². The minimum atomic E-state index is 1.13. The lowest BCUT2D eigenvalue weighted by Gasteiger charge is -2.28. The summed E-state index contributed by atoms with van der Waals surface area (Å²) in [7, 11) is 0. The van der Waals surface area contributed by atoms with Crippen molar-refractivity contribution in [3.8, 4) is 0 Å². The van der Waals surface area contributed by atoms with Crippen LogP contribution in [0, 0.1) is 6.92 Å². The fourth-order valence-electron chi connectivity index (χ4n) is 6.44. The Morgan fingerprint density at radius 2 is 0.929 bits per heavy atom. The molecule has 0 bridgehead atoms. The first-order valence-corrected chi connectivity index (χ1v) is 14.5. The molecule has 0 fully saturated rings. The van der Waals surface area contributed by atoms with Gasteiger partial charge < -0.3 is 4.90 Å². The lowest BCUT2D eigenvalue weighted by Crippen LogP contribution is -2.10. The average molecular weight is 536 g/mol. The Labute approximate surface area is 245 Å². The van der Waals surface area contributed by atoms with E-state index in [1.165, 1.54) is 65.5 Å². The van der Waals surface area contributed by atoms with Crippen molar-refractivity contribution in [2.24, 2.45) is 0 Å². The van der Waals surface area contributed by atoms with Crippen LogP contribution in [-0.4, -0.2) is 0 Å². The molecule has 0 saturated carbocycles. The molecule has 0 radical (unpaired) electrons. The maximum Gasteiger partial charge on any atom is 0.0540 e. The van der Waals surface area contributed by atoms with Crippen LogP contribution in [0.2, 0.25) is 0 Å². The highest BCUT2D eigenvalue weighted by atomic mass is 15.1. The first kappa shape index (κ1) is 24.4. The third kappa shape index (κ3) is 4.02. The zero-order valence-corrected chi connectivity index (χ0v) is 23.5. The van der Waals surface area contributed by atoms with Gasteiger partial charge in [0.15, 0.2) is 0 Å². The van der Waals surface area contributed by atoms with Crippen LogP contribution in [0.5, 0.6) is 0 Å². The SMILES string of the molecule is Cc1ccc(N(c2ccc(C=Cc3ccccc3)cc2)c2ccc3c4cccc5cccc(c6cccc2c63)c54)cc1. The Kier molecular flexibility index (Phi) is 5.75. The van der Waals surface area contributed by atoms with Crippen LogP contribution < -0.4 is 4.90 Å². The van der Waals surface area contributed by atoms with Gasteiger partial charge in [0, 0.05) is 16.8 Å². The Hall–Kier alpha value is -5.40. The number of anilines is 3. The van der Waals surface area contributed by atoms with Gasteiger partial charge in [-0.15, -0.1) is 0 Å². The molecule has 0 aliphatic carbocycles. The summed E-state index contributed by atoms with van der Waals surface area (Å²) in [5, 5.41) is 10.5. The summed E-state index contributed by atoms with van der Waals surface area (Å²) >= 11 is 0. The van der Waals surface area contributed by atoms with Gasteiger partial charge in [0.25, 0.3) is 0 Å². The van der Waals surface area contributed by atoms with Gasteiger partial charge >= 0.3 is 0 Å². The Morgan fingerprint density at radius 3 is 1.60 bits per heavy atom. The molecule has 198 valence electrons. The largest absolute Gasteiger partial charge is 0.310 e. The molecule has 42 heavy (non-hydrogen) atoms. The molecule has 1 heteroatoms. The first-order valence-electron chi connectivity index (χ1n) is 14.5. The zero-order chi connectivity index (χ0) is 28.0. The van der Waals surface area contributed by atoms with Crippen molar-refractivity contribution in [3.63, 3.8) is 0 Å². The molecule has 0 heterocycles. The second-order valence-corrected chi connectivity index (χ2v) is 11.1. The Bertz CT molecular complexity index is 2170. The predicted molar refractivity (Wildman–Crippen MR) is 182 cm³/mol. The standard InChI is InChI=1S/C41H29N/c1-28-16-22-32(23-17-28)42(33-24-20-30(21-25-33)19-18-29-8-3-2-4-9-29)39-27-26-37-35-13-6-11-31-10-5-12-34(40(31)35)36-14-7-15-38(39)41(36)37/h2-27H,1H3. The smallest absolute Gasteiger partial charge is 0.0540 e. The van der Waals surface area contributed by atoms with E-state index in [0.29, 0.717) is 0 Å². The number of benzene rings is 8. The molecule has 0 amide bonds. The van der Waals surface area contributed by atoms with E-state index in [-0.39, 0.29) is 0 Å². The van der Waals surface area contributed by atoms with Crippen molar-refractivity contribution in [2.45, 2.75) is 6.92 Å². The van der Waals surface area contributed by atoms with Crippen LogP contribution in [0.4, 0.5) is 17.1 Å². The summed E-state index contributed by atoms with van der Waals surface area (Å²) in [6, 6.07) is 52.9. The molecule has 0 spiro atoms. The van der Waals surface area contributed by atoms with Crippen molar-refractivity contribution in [2.75, 3.05) is 4.90 Å².